The van der Waals surface area contributed by atoms with Crippen molar-refractivity contribution in [1.29, 1.82) is 0 Å². The van der Waals surface area contributed by atoms with Gasteiger partial charge in [-0.2, -0.15) is 0 Å². The molecular formula is C23H24N2O6S. The quantitative estimate of drug-likeness (QED) is 0.498. The number of anilines is 1. The SMILES string of the molecule is COC(=O)c1ccccc1C(=O)N(CC1CCCO1)c1nc2c(OC)ccc(OC)c2s1. The summed E-state index contributed by atoms with van der Waals surface area (Å²) in [5.41, 5.74) is 1.06. The van der Waals surface area contributed by atoms with Gasteiger partial charge in [0.2, 0.25) is 0 Å². The van der Waals surface area contributed by atoms with E-state index in [2.05, 4.69) is 0 Å². The predicted molar refractivity (Wildman–Crippen MR) is 121 cm³/mol. The van der Waals surface area contributed by atoms with Crippen LogP contribution in [0, 0.1) is 0 Å². The maximum Gasteiger partial charge on any atom is 0.338 e. The Morgan fingerprint density at radius 1 is 1.09 bits per heavy atom. The van der Waals surface area contributed by atoms with Crippen molar-refractivity contribution in [3.8, 4) is 11.5 Å². The first kappa shape index (κ1) is 22.0. The zero-order chi connectivity index (χ0) is 22.7. The van der Waals surface area contributed by atoms with Gasteiger partial charge < -0.3 is 18.9 Å². The molecule has 4 rings (SSSR count). The summed E-state index contributed by atoms with van der Waals surface area (Å²) in [6, 6.07) is 10.2. The number of fused-ring (bicyclic) bond motifs is 1. The highest BCUT2D eigenvalue weighted by molar-refractivity contribution is 7.22. The fourth-order valence-corrected chi connectivity index (χ4v) is 4.81. The van der Waals surface area contributed by atoms with Gasteiger partial charge in [0, 0.05) is 6.61 Å². The van der Waals surface area contributed by atoms with E-state index in [-0.39, 0.29) is 23.1 Å². The van der Waals surface area contributed by atoms with E-state index in [0.29, 0.717) is 35.3 Å². The molecule has 2 heterocycles. The summed E-state index contributed by atoms with van der Waals surface area (Å²) >= 11 is 1.33. The summed E-state index contributed by atoms with van der Waals surface area (Å²) in [7, 11) is 4.45. The lowest BCUT2D eigenvalue weighted by molar-refractivity contribution is 0.0596. The number of aromatic nitrogens is 1. The Morgan fingerprint density at radius 3 is 2.47 bits per heavy atom. The first-order valence-electron chi connectivity index (χ1n) is 10.2. The number of nitrogens with zero attached hydrogens (tertiary/aromatic N) is 2. The van der Waals surface area contributed by atoms with Crippen LogP contribution >= 0.6 is 11.3 Å². The van der Waals surface area contributed by atoms with Crippen LogP contribution in [0.15, 0.2) is 36.4 Å². The van der Waals surface area contributed by atoms with Crippen molar-refractivity contribution in [3.63, 3.8) is 0 Å². The van der Waals surface area contributed by atoms with Crippen LogP contribution in [0.2, 0.25) is 0 Å². The lowest BCUT2D eigenvalue weighted by atomic mass is 10.1. The molecule has 3 aromatic rings. The van der Waals surface area contributed by atoms with Crippen molar-refractivity contribution in [2.75, 3.05) is 39.4 Å². The first-order chi connectivity index (χ1) is 15.6. The van der Waals surface area contributed by atoms with Gasteiger partial charge in [0.1, 0.15) is 21.7 Å². The summed E-state index contributed by atoms with van der Waals surface area (Å²) in [4.78, 5) is 32.3. The second-order valence-corrected chi connectivity index (χ2v) is 8.21. The number of thiazole rings is 1. The molecule has 168 valence electrons. The minimum absolute atomic E-state index is 0.111. The summed E-state index contributed by atoms with van der Waals surface area (Å²) in [6.07, 6.45) is 1.67. The van der Waals surface area contributed by atoms with Gasteiger partial charge in [-0.25, -0.2) is 9.78 Å². The minimum atomic E-state index is -0.571. The number of benzene rings is 2. The number of methoxy groups -OCH3 is 3. The second kappa shape index (κ2) is 9.54. The monoisotopic (exact) mass is 456 g/mol. The van der Waals surface area contributed by atoms with Crippen LogP contribution in [0.5, 0.6) is 11.5 Å². The van der Waals surface area contributed by atoms with E-state index in [4.69, 9.17) is 23.9 Å². The van der Waals surface area contributed by atoms with Gasteiger partial charge in [0.25, 0.3) is 5.91 Å². The molecule has 2 aromatic carbocycles. The Balaban J connectivity index is 1.82. The molecule has 1 aliphatic rings. The first-order valence-corrected chi connectivity index (χ1v) is 11.0. The third kappa shape index (κ3) is 4.13. The van der Waals surface area contributed by atoms with Gasteiger partial charge in [-0.1, -0.05) is 23.5 Å². The highest BCUT2D eigenvalue weighted by atomic mass is 32.1. The Bertz CT molecular complexity index is 1100. The summed E-state index contributed by atoms with van der Waals surface area (Å²) in [5.74, 6) is 0.309. The smallest absolute Gasteiger partial charge is 0.338 e. The van der Waals surface area contributed by atoms with Gasteiger partial charge >= 0.3 is 5.97 Å². The van der Waals surface area contributed by atoms with Crippen molar-refractivity contribution >= 4 is 38.6 Å². The van der Waals surface area contributed by atoms with Crippen LogP contribution in [0.3, 0.4) is 0 Å². The molecule has 1 fully saturated rings. The number of ether oxygens (including phenoxy) is 4. The molecule has 0 spiro atoms. The summed E-state index contributed by atoms with van der Waals surface area (Å²) in [5, 5.41) is 0.475. The van der Waals surface area contributed by atoms with Gasteiger partial charge in [-0.3, -0.25) is 9.69 Å². The lowest BCUT2D eigenvalue weighted by Gasteiger charge is -2.23. The van der Waals surface area contributed by atoms with E-state index in [1.54, 1.807) is 49.5 Å². The molecule has 1 atom stereocenters. The molecule has 9 heteroatoms. The number of esters is 1. The molecule has 8 nitrogen and oxygen atoms in total. The molecule has 1 aromatic heterocycles. The van der Waals surface area contributed by atoms with Gasteiger partial charge in [-0.15, -0.1) is 0 Å². The molecule has 0 bridgehead atoms. The molecule has 0 radical (unpaired) electrons. The molecule has 0 N–H and O–H groups in total. The average Bonchev–Trinajstić information content (AvgIpc) is 3.51. The number of hydrogen-bond donors (Lipinski definition) is 0. The minimum Gasteiger partial charge on any atom is -0.495 e. The third-order valence-electron chi connectivity index (χ3n) is 5.35. The molecule has 1 aliphatic heterocycles. The van der Waals surface area contributed by atoms with Crippen LogP contribution in [-0.2, 0) is 9.47 Å². The van der Waals surface area contributed by atoms with Crippen LogP contribution < -0.4 is 14.4 Å². The van der Waals surface area contributed by atoms with Crippen molar-refractivity contribution in [1.82, 2.24) is 4.98 Å². The molecule has 1 unspecified atom stereocenters. The second-order valence-electron chi connectivity index (χ2n) is 7.23. The average molecular weight is 457 g/mol. The van der Waals surface area contributed by atoms with E-state index >= 15 is 0 Å². The number of hydrogen-bond acceptors (Lipinski definition) is 8. The maximum absolute atomic E-state index is 13.7. The number of carbonyl (C=O) groups is 2. The summed E-state index contributed by atoms with van der Waals surface area (Å²) < 4.78 is 22.4. The van der Waals surface area contributed by atoms with Gasteiger partial charge in [0.05, 0.1) is 45.1 Å². The largest absolute Gasteiger partial charge is 0.495 e. The topological polar surface area (TPSA) is 87.2 Å². The molecular weight excluding hydrogens is 432 g/mol. The van der Waals surface area contributed by atoms with E-state index < -0.39 is 5.97 Å². The molecule has 32 heavy (non-hydrogen) atoms. The van der Waals surface area contributed by atoms with Crippen LogP contribution in [0.1, 0.15) is 33.6 Å². The Hall–Kier alpha value is -3.17. The number of amides is 1. The number of rotatable bonds is 7. The zero-order valence-corrected chi connectivity index (χ0v) is 18.9. The highest BCUT2D eigenvalue weighted by Gasteiger charge is 2.30. The molecule has 0 aliphatic carbocycles. The molecule has 0 saturated carbocycles. The zero-order valence-electron chi connectivity index (χ0n) is 18.1. The normalized spacial score (nSPS) is 15.5. The van der Waals surface area contributed by atoms with Crippen LogP contribution in [0.25, 0.3) is 10.2 Å². The van der Waals surface area contributed by atoms with Gasteiger partial charge in [-0.05, 0) is 37.1 Å². The highest BCUT2D eigenvalue weighted by Crippen LogP contribution is 2.40. The van der Waals surface area contributed by atoms with Crippen molar-refractivity contribution in [2.45, 2.75) is 18.9 Å². The van der Waals surface area contributed by atoms with Crippen molar-refractivity contribution < 1.29 is 28.5 Å². The van der Waals surface area contributed by atoms with Crippen molar-refractivity contribution in [2.24, 2.45) is 0 Å². The lowest BCUT2D eigenvalue weighted by Crippen LogP contribution is -2.38. The van der Waals surface area contributed by atoms with Crippen LogP contribution in [-0.4, -0.2) is 57.4 Å². The maximum atomic E-state index is 13.7. The van der Waals surface area contributed by atoms with E-state index in [1.165, 1.54) is 18.4 Å². The predicted octanol–water partition coefficient (Wildman–Crippen LogP) is 3.93. The summed E-state index contributed by atoms with van der Waals surface area (Å²) in [6.45, 7) is 0.978. The molecule has 1 amide bonds. The fourth-order valence-electron chi connectivity index (χ4n) is 3.73. The van der Waals surface area contributed by atoms with Crippen molar-refractivity contribution in [3.05, 3.63) is 47.5 Å². The Labute approximate surface area is 189 Å². The number of carbonyl (C=O) groups excluding carboxylic acids is 2. The molecule has 1 saturated heterocycles. The Morgan fingerprint density at radius 2 is 1.81 bits per heavy atom. The van der Waals surface area contributed by atoms with E-state index in [9.17, 15) is 9.59 Å². The van der Waals surface area contributed by atoms with Gasteiger partial charge in [0.15, 0.2) is 5.13 Å². The van der Waals surface area contributed by atoms with Crippen LogP contribution in [0.4, 0.5) is 5.13 Å². The standard InChI is InChI=1S/C23H24N2O6S/c1-28-17-10-11-18(29-2)20-19(17)24-23(32-20)25(13-14-7-6-12-31-14)21(26)15-8-4-5-9-16(15)22(27)30-3/h4-5,8-11,14H,6-7,12-13H2,1-3H3. The Kier molecular flexibility index (Phi) is 6.57. The van der Waals surface area contributed by atoms with E-state index in [1.807, 2.05) is 6.07 Å². The fraction of sp³-hybridized carbons (Fsp3) is 0.348. The van der Waals surface area contributed by atoms with E-state index in [0.717, 1.165) is 17.5 Å². The third-order valence-corrected chi connectivity index (χ3v) is 6.44.